The van der Waals surface area contributed by atoms with Gasteiger partial charge in [-0.25, -0.2) is 0 Å². The first-order valence-corrected chi connectivity index (χ1v) is 18.6. The van der Waals surface area contributed by atoms with E-state index in [1.807, 2.05) is 0 Å². The molecule has 3 unspecified atom stereocenters. The monoisotopic (exact) mass is 625 g/mol. The molecule has 0 N–H and O–H groups in total. The number of rotatable bonds is 10. The molecule has 5 heteroatoms. The van der Waals surface area contributed by atoms with Gasteiger partial charge in [-0.3, -0.25) is 0 Å². The van der Waals surface area contributed by atoms with Gasteiger partial charge in [-0.1, -0.05) is 60.7 Å². The van der Waals surface area contributed by atoms with Gasteiger partial charge < -0.3 is 14.4 Å². The SMILES string of the molecule is COc1c(C)cc(P(c2cc(C)c(OC)c(C)c2)C2C([C@@H](C)N(C)C)CCC2P(c2ccccc2)c2ccccc2)cc1C. The van der Waals surface area contributed by atoms with Crippen LogP contribution in [0, 0.1) is 33.6 Å². The quantitative estimate of drug-likeness (QED) is 0.170. The van der Waals surface area contributed by atoms with Crippen molar-refractivity contribution in [1.82, 2.24) is 4.90 Å². The van der Waals surface area contributed by atoms with Crippen LogP contribution in [-0.4, -0.2) is 50.6 Å². The predicted octanol–water partition coefficient (Wildman–Crippen LogP) is 7.60. The van der Waals surface area contributed by atoms with E-state index < -0.39 is 15.8 Å². The highest BCUT2D eigenvalue weighted by Gasteiger charge is 2.48. The summed E-state index contributed by atoms with van der Waals surface area (Å²) in [4.78, 5) is 2.45. The molecule has 0 heterocycles. The molecule has 0 amide bonds. The number of hydrogen-bond donors (Lipinski definition) is 0. The van der Waals surface area contributed by atoms with Crippen LogP contribution >= 0.6 is 15.8 Å². The van der Waals surface area contributed by atoms with Crippen molar-refractivity contribution in [3.05, 3.63) is 107 Å². The Morgan fingerprint density at radius 1 is 0.614 bits per heavy atom. The van der Waals surface area contributed by atoms with E-state index >= 15 is 0 Å². The fourth-order valence-electron chi connectivity index (χ4n) is 7.52. The molecule has 4 aromatic carbocycles. The van der Waals surface area contributed by atoms with Crippen molar-refractivity contribution in [2.24, 2.45) is 5.92 Å². The summed E-state index contributed by atoms with van der Waals surface area (Å²) in [5, 5.41) is 5.90. The maximum atomic E-state index is 5.86. The maximum absolute atomic E-state index is 5.86. The minimum absolute atomic E-state index is 0.472. The molecule has 0 aromatic heterocycles. The average molecular weight is 626 g/mol. The molecular formula is C39H49NO2P2. The number of ether oxygens (including phenoxy) is 2. The largest absolute Gasteiger partial charge is 0.496 e. The predicted molar refractivity (Wildman–Crippen MR) is 194 cm³/mol. The second kappa shape index (κ2) is 14.2. The van der Waals surface area contributed by atoms with Crippen LogP contribution < -0.4 is 30.7 Å². The molecule has 0 radical (unpaired) electrons. The molecule has 4 atom stereocenters. The van der Waals surface area contributed by atoms with E-state index in [0.717, 1.165) is 11.5 Å². The van der Waals surface area contributed by atoms with E-state index in [1.54, 1.807) is 14.2 Å². The summed E-state index contributed by atoms with van der Waals surface area (Å²) < 4.78 is 11.7. The Balaban J connectivity index is 1.79. The Kier molecular flexibility index (Phi) is 10.5. The molecule has 5 rings (SSSR count). The summed E-state index contributed by atoms with van der Waals surface area (Å²) in [6.45, 7) is 11.3. The van der Waals surface area contributed by atoms with Crippen LogP contribution in [0.2, 0.25) is 0 Å². The fraction of sp³-hybridized carbons (Fsp3) is 0.385. The normalized spacial score (nSPS) is 19.1. The molecule has 1 saturated carbocycles. The molecule has 3 nitrogen and oxygen atoms in total. The highest BCUT2D eigenvalue weighted by atomic mass is 31.1. The molecule has 1 aliphatic carbocycles. The van der Waals surface area contributed by atoms with Crippen molar-refractivity contribution in [3.63, 3.8) is 0 Å². The lowest BCUT2D eigenvalue weighted by molar-refractivity contribution is 0.232. The number of nitrogens with zero attached hydrogens (tertiary/aromatic N) is 1. The van der Waals surface area contributed by atoms with Crippen molar-refractivity contribution in [2.45, 2.75) is 64.8 Å². The van der Waals surface area contributed by atoms with Crippen LogP contribution in [0.4, 0.5) is 0 Å². The summed E-state index contributed by atoms with van der Waals surface area (Å²) >= 11 is 0. The molecule has 44 heavy (non-hydrogen) atoms. The molecule has 0 spiro atoms. The lowest BCUT2D eigenvalue weighted by atomic mass is 9.98. The fourth-order valence-corrected chi connectivity index (χ4v) is 14.9. The molecule has 232 valence electrons. The van der Waals surface area contributed by atoms with Gasteiger partial charge in [-0.15, -0.1) is 0 Å². The number of hydrogen-bond acceptors (Lipinski definition) is 3. The van der Waals surface area contributed by atoms with Gasteiger partial charge in [0.25, 0.3) is 0 Å². The smallest absolute Gasteiger partial charge is 0.124 e. The summed E-state index contributed by atoms with van der Waals surface area (Å²) in [5.74, 6) is 2.58. The van der Waals surface area contributed by atoms with Crippen LogP contribution in [0.5, 0.6) is 11.5 Å². The second-order valence-electron chi connectivity index (χ2n) is 12.6. The summed E-state index contributed by atoms with van der Waals surface area (Å²) in [7, 11) is 6.81. The van der Waals surface area contributed by atoms with Crippen LogP contribution in [0.1, 0.15) is 42.0 Å². The minimum Gasteiger partial charge on any atom is -0.496 e. The van der Waals surface area contributed by atoms with Crippen molar-refractivity contribution in [1.29, 1.82) is 0 Å². The van der Waals surface area contributed by atoms with Gasteiger partial charge >= 0.3 is 0 Å². The molecule has 0 saturated heterocycles. The molecule has 0 bridgehead atoms. The number of aryl methyl sites for hydroxylation is 4. The number of benzene rings is 4. The van der Waals surface area contributed by atoms with Gasteiger partial charge in [-0.2, -0.15) is 0 Å². The van der Waals surface area contributed by atoms with Crippen molar-refractivity contribution < 1.29 is 9.47 Å². The Morgan fingerprint density at radius 3 is 1.39 bits per heavy atom. The van der Waals surface area contributed by atoms with Gasteiger partial charge in [0.15, 0.2) is 0 Å². The standard InChI is InChI=1S/C39H49NO2P2/c1-26-22-33(23-27(2)37(26)41-8)44(34-24-28(3)38(42-9)29(4)25-34)39-35(30(5)40(6)7)20-21-36(39)43(31-16-12-10-13-17-31)32-18-14-11-15-19-32/h10-19,22-25,30,35-36,39H,20-21H2,1-9H3/t30-,35?,36?,39?/m1/s1. The lowest BCUT2D eigenvalue weighted by Crippen LogP contribution is -2.42. The van der Waals surface area contributed by atoms with Gasteiger partial charge in [0, 0.05) is 6.04 Å². The molecular weight excluding hydrogens is 576 g/mol. The van der Waals surface area contributed by atoms with Gasteiger partial charge in [0.05, 0.1) is 14.2 Å². The third-order valence-electron chi connectivity index (χ3n) is 9.62. The van der Waals surface area contributed by atoms with Gasteiger partial charge in [0.1, 0.15) is 11.5 Å². The summed E-state index contributed by atoms with van der Waals surface area (Å²) in [6, 6.07) is 33.0. The average Bonchev–Trinajstić information content (AvgIpc) is 3.41. The Bertz CT molecular complexity index is 1410. The lowest BCUT2D eigenvalue weighted by Gasteiger charge is -2.41. The van der Waals surface area contributed by atoms with E-state index in [-0.39, 0.29) is 0 Å². The minimum atomic E-state index is -0.722. The molecule has 0 aliphatic heterocycles. The van der Waals surface area contributed by atoms with Crippen molar-refractivity contribution in [3.8, 4) is 11.5 Å². The summed E-state index contributed by atoms with van der Waals surface area (Å²) in [5.41, 5.74) is 5.94. The zero-order valence-corrected chi connectivity index (χ0v) is 29.8. The van der Waals surface area contributed by atoms with Gasteiger partial charge in [0.2, 0.25) is 0 Å². The zero-order valence-electron chi connectivity index (χ0n) is 28.0. The molecule has 1 fully saturated rings. The van der Waals surface area contributed by atoms with Crippen molar-refractivity contribution >= 4 is 37.1 Å². The van der Waals surface area contributed by atoms with Crippen LogP contribution in [-0.2, 0) is 0 Å². The Hall–Kier alpha value is -2.70. The molecule has 4 aromatic rings. The van der Waals surface area contributed by atoms with E-state index in [2.05, 4.69) is 139 Å². The number of methoxy groups -OCH3 is 2. The summed E-state index contributed by atoms with van der Waals surface area (Å²) in [6.07, 6.45) is 2.48. The van der Waals surface area contributed by atoms with Crippen LogP contribution in [0.25, 0.3) is 0 Å². The first-order valence-electron chi connectivity index (χ1n) is 15.8. The highest BCUT2D eigenvalue weighted by molar-refractivity contribution is 7.77. The van der Waals surface area contributed by atoms with Crippen molar-refractivity contribution in [2.75, 3.05) is 28.3 Å². The topological polar surface area (TPSA) is 21.7 Å². The Labute approximate surface area is 268 Å². The zero-order chi connectivity index (χ0) is 31.5. The van der Waals surface area contributed by atoms with Crippen LogP contribution in [0.3, 0.4) is 0 Å². The van der Waals surface area contributed by atoms with Gasteiger partial charge in [-0.05, 0) is 162 Å². The van der Waals surface area contributed by atoms with E-state index in [9.17, 15) is 0 Å². The van der Waals surface area contributed by atoms with E-state index in [1.165, 1.54) is 56.3 Å². The third-order valence-corrected chi connectivity index (χ3v) is 15.8. The van der Waals surface area contributed by atoms with Crippen LogP contribution in [0.15, 0.2) is 84.9 Å². The van der Waals surface area contributed by atoms with E-state index in [4.69, 9.17) is 9.47 Å². The first-order chi connectivity index (χ1) is 21.2. The Morgan fingerprint density at radius 2 is 1.02 bits per heavy atom. The maximum Gasteiger partial charge on any atom is 0.124 e. The third kappa shape index (κ3) is 6.48. The first kappa shape index (κ1) is 32.7. The second-order valence-corrected chi connectivity index (χ2v) is 17.4. The van der Waals surface area contributed by atoms with E-state index in [0.29, 0.717) is 23.3 Å². The molecule has 1 aliphatic rings. The highest BCUT2D eigenvalue weighted by Crippen LogP contribution is 2.61.